The monoisotopic (exact) mass is 286 g/mol. The summed E-state index contributed by atoms with van der Waals surface area (Å²) in [7, 11) is 0. The summed E-state index contributed by atoms with van der Waals surface area (Å²) < 4.78 is 43.2. The first-order chi connectivity index (χ1) is 9.45. The normalized spacial score (nSPS) is 20.0. The average molecular weight is 286 g/mol. The fourth-order valence-electron chi connectivity index (χ4n) is 2.81. The zero-order chi connectivity index (χ0) is 14.6. The first kappa shape index (κ1) is 15.3. The van der Waals surface area contributed by atoms with Crippen molar-refractivity contribution in [1.29, 1.82) is 0 Å². The molecule has 0 unspecified atom stereocenters. The lowest BCUT2D eigenvalue weighted by Gasteiger charge is -2.42. The Morgan fingerprint density at radius 2 is 1.85 bits per heavy atom. The maximum Gasteiger partial charge on any atom is 0.401 e. The van der Waals surface area contributed by atoms with E-state index in [1.54, 1.807) is 0 Å². The summed E-state index contributed by atoms with van der Waals surface area (Å²) in [5, 5.41) is 0. The molecule has 0 spiro atoms. The van der Waals surface area contributed by atoms with Gasteiger partial charge in [-0.15, -0.1) is 0 Å². The summed E-state index contributed by atoms with van der Waals surface area (Å²) in [6.45, 7) is 2.44. The van der Waals surface area contributed by atoms with Crippen LogP contribution < -0.4 is 0 Å². The van der Waals surface area contributed by atoms with Crippen molar-refractivity contribution >= 4 is 0 Å². The molecular weight excluding hydrogens is 267 g/mol. The van der Waals surface area contributed by atoms with Crippen LogP contribution in [0.4, 0.5) is 13.2 Å². The smallest absolute Gasteiger partial charge is 0.370 e. The van der Waals surface area contributed by atoms with Gasteiger partial charge in [-0.05, 0) is 31.4 Å². The topological polar surface area (TPSA) is 12.5 Å². The van der Waals surface area contributed by atoms with Crippen LogP contribution in [-0.2, 0) is 10.3 Å². The van der Waals surface area contributed by atoms with Crippen molar-refractivity contribution in [3.63, 3.8) is 0 Å². The molecule has 1 fully saturated rings. The Labute approximate surface area is 117 Å². The highest BCUT2D eigenvalue weighted by molar-refractivity contribution is 5.23. The Hall–Kier alpha value is -1.07. The van der Waals surface area contributed by atoms with E-state index in [-0.39, 0.29) is 0 Å². The molecule has 1 aromatic carbocycles. The maximum atomic E-state index is 12.4. The van der Waals surface area contributed by atoms with Gasteiger partial charge in [0.25, 0.3) is 0 Å². The van der Waals surface area contributed by atoms with Gasteiger partial charge in [-0.3, -0.25) is 4.90 Å². The minimum atomic E-state index is -4.13. The van der Waals surface area contributed by atoms with Crippen LogP contribution in [0.1, 0.15) is 25.3 Å². The average Bonchev–Trinajstić information content (AvgIpc) is 2.41. The molecule has 2 nitrogen and oxygen atoms in total. The van der Waals surface area contributed by atoms with Crippen molar-refractivity contribution < 1.29 is 17.9 Å². The van der Waals surface area contributed by atoms with Gasteiger partial charge < -0.3 is 4.74 Å². The quantitative estimate of drug-likeness (QED) is 0.841. The number of nitrogens with zero attached hydrogens (tertiary/aromatic N) is 1. The molecule has 0 saturated carbocycles. The number of alkyl halides is 3. The van der Waals surface area contributed by atoms with E-state index in [1.807, 2.05) is 31.2 Å². The Bertz CT molecular complexity index is 411. The van der Waals surface area contributed by atoms with Gasteiger partial charge in [-0.1, -0.05) is 24.3 Å². The number of halogens is 3. The molecule has 1 heterocycles. The molecule has 0 bridgehead atoms. The number of hydrogen-bond acceptors (Lipinski definition) is 2. The van der Waals surface area contributed by atoms with E-state index >= 15 is 0 Å². The van der Waals surface area contributed by atoms with Gasteiger partial charge in [-0.2, -0.15) is 13.2 Å². The second-order valence-electron chi connectivity index (χ2n) is 5.11. The van der Waals surface area contributed by atoms with Crippen molar-refractivity contribution in [3.05, 3.63) is 35.9 Å². The van der Waals surface area contributed by atoms with Crippen LogP contribution in [-0.4, -0.2) is 37.3 Å². The van der Waals surface area contributed by atoms with Gasteiger partial charge in [0.15, 0.2) is 0 Å². The van der Waals surface area contributed by atoms with Gasteiger partial charge in [0.05, 0.1) is 12.1 Å². The predicted molar refractivity (Wildman–Crippen MR) is 70.3 cm³/mol. The van der Waals surface area contributed by atoms with Gasteiger partial charge in [0, 0.05) is 19.7 Å². The number of benzene rings is 1. The van der Waals surface area contributed by atoms with E-state index in [4.69, 9.17) is 4.74 Å². The lowest BCUT2D eigenvalue weighted by molar-refractivity contribution is -0.159. The van der Waals surface area contributed by atoms with Crippen LogP contribution in [0.15, 0.2) is 24.3 Å². The minimum absolute atomic E-state index is 0.401. The highest BCUT2D eigenvalue weighted by atomic mass is 19.4. The standard InChI is InChI=1S/C15H19F3NO/c1-2-20-14(13-6-4-3-5-7-13)8-10-19(11-9-14)12-15(16,17)18/h4-7H,2,8-12H2,1H3. The molecule has 111 valence electrons. The van der Waals surface area contributed by atoms with E-state index in [2.05, 4.69) is 6.07 Å². The van der Waals surface area contributed by atoms with Gasteiger partial charge in [0.2, 0.25) is 0 Å². The van der Waals surface area contributed by atoms with Crippen LogP contribution >= 0.6 is 0 Å². The van der Waals surface area contributed by atoms with E-state index in [9.17, 15) is 13.2 Å². The van der Waals surface area contributed by atoms with Crippen molar-refractivity contribution in [2.24, 2.45) is 0 Å². The Balaban J connectivity index is 2.07. The van der Waals surface area contributed by atoms with E-state index in [0.717, 1.165) is 5.56 Å². The third-order valence-corrected chi connectivity index (χ3v) is 3.73. The van der Waals surface area contributed by atoms with Crippen LogP contribution in [0.5, 0.6) is 0 Å². The van der Waals surface area contributed by atoms with Crippen LogP contribution in [0.2, 0.25) is 0 Å². The van der Waals surface area contributed by atoms with Crippen LogP contribution in [0.25, 0.3) is 0 Å². The molecule has 5 heteroatoms. The summed E-state index contributed by atoms with van der Waals surface area (Å²) in [6, 6.07) is 10.5. The summed E-state index contributed by atoms with van der Waals surface area (Å²) in [5.74, 6) is 0. The van der Waals surface area contributed by atoms with Crippen molar-refractivity contribution in [2.75, 3.05) is 26.2 Å². The summed E-state index contributed by atoms with van der Waals surface area (Å²) in [6.07, 6.45) is -2.96. The van der Waals surface area contributed by atoms with Crippen molar-refractivity contribution in [3.8, 4) is 0 Å². The zero-order valence-corrected chi connectivity index (χ0v) is 11.5. The molecule has 0 aliphatic carbocycles. The van der Waals surface area contributed by atoms with Crippen LogP contribution in [0, 0.1) is 6.07 Å². The second kappa shape index (κ2) is 6.14. The predicted octanol–water partition coefficient (Wildman–Crippen LogP) is 3.38. The van der Waals surface area contributed by atoms with Crippen molar-refractivity contribution in [2.45, 2.75) is 31.5 Å². The summed E-state index contributed by atoms with van der Waals surface area (Å²) >= 11 is 0. The molecule has 1 aliphatic rings. The SMILES string of the molecule is CCOC1(c2cc[c]cc2)CCN(CC(F)(F)F)CC1. The molecule has 2 rings (SSSR count). The maximum absolute atomic E-state index is 12.4. The number of rotatable bonds is 4. The second-order valence-corrected chi connectivity index (χ2v) is 5.11. The highest BCUT2D eigenvalue weighted by Crippen LogP contribution is 2.37. The number of piperidine rings is 1. The third kappa shape index (κ3) is 3.73. The molecule has 0 amide bonds. The van der Waals surface area contributed by atoms with Crippen molar-refractivity contribution in [1.82, 2.24) is 4.90 Å². The molecule has 1 aromatic rings. The Morgan fingerprint density at radius 3 is 2.35 bits per heavy atom. The number of hydrogen-bond donors (Lipinski definition) is 0. The first-order valence-electron chi connectivity index (χ1n) is 6.85. The molecule has 0 aromatic heterocycles. The highest BCUT2D eigenvalue weighted by Gasteiger charge is 2.39. The summed E-state index contributed by atoms with van der Waals surface area (Å²) in [5.41, 5.74) is 0.580. The molecule has 1 aliphatic heterocycles. The first-order valence-corrected chi connectivity index (χ1v) is 6.85. The number of ether oxygens (including phenoxy) is 1. The van der Waals surface area contributed by atoms with E-state index in [0.29, 0.717) is 32.5 Å². The van der Waals surface area contributed by atoms with Crippen LogP contribution in [0.3, 0.4) is 0 Å². The molecule has 0 N–H and O–H groups in total. The Morgan fingerprint density at radius 1 is 1.25 bits per heavy atom. The van der Waals surface area contributed by atoms with E-state index in [1.165, 1.54) is 4.90 Å². The fraction of sp³-hybridized carbons (Fsp3) is 0.600. The summed E-state index contributed by atoms with van der Waals surface area (Å²) in [4.78, 5) is 1.45. The number of likely N-dealkylation sites (tertiary alicyclic amines) is 1. The lowest BCUT2D eigenvalue weighted by atomic mass is 9.84. The lowest BCUT2D eigenvalue weighted by Crippen LogP contribution is -2.47. The Kier molecular flexibility index (Phi) is 4.70. The molecule has 1 radical (unpaired) electrons. The van der Waals surface area contributed by atoms with Gasteiger partial charge in [0.1, 0.15) is 0 Å². The third-order valence-electron chi connectivity index (χ3n) is 3.73. The molecule has 1 saturated heterocycles. The van der Waals surface area contributed by atoms with Gasteiger partial charge in [-0.25, -0.2) is 0 Å². The zero-order valence-electron chi connectivity index (χ0n) is 11.5. The van der Waals surface area contributed by atoms with E-state index < -0.39 is 18.3 Å². The molecule has 20 heavy (non-hydrogen) atoms. The minimum Gasteiger partial charge on any atom is -0.370 e. The largest absolute Gasteiger partial charge is 0.401 e. The molecular formula is C15H19F3NO. The van der Waals surface area contributed by atoms with Gasteiger partial charge >= 0.3 is 6.18 Å². The molecule has 0 atom stereocenters. The fourth-order valence-corrected chi connectivity index (χ4v) is 2.81.